The first-order valence-corrected chi connectivity index (χ1v) is 5.15. The van der Waals surface area contributed by atoms with Gasteiger partial charge in [0.1, 0.15) is 0 Å². The minimum absolute atomic E-state index is 0.710. The molecule has 2 heterocycles. The highest BCUT2D eigenvalue weighted by Gasteiger charge is 2.35. The summed E-state index contributed by atoms with van der Waals surface area (Å²) in [5.74, 6) is 2.28. The molecule has 2 aliphatic heterocycles. The van der Waals surface area contributed by atoms with Crippen molar-refractivity contribution in [2.24, 2.45) is 27.7 Å². The highest BCUT2D eigenvalue weighted by atomic mass is 14.8. The first kappa shape index (κ1) is 7.48. The van der Waals surface area contributed by atoms with Gasteiger partial charge in [-0.2, -0.15) is 0 Å². The summed E-state index contributed by atoms with van der Waals surface area (Å²) in [7, 11) is 0. The quantitative estimate of drug-likeness (QED) is 0.537. The van der Waals surface area contributed by atoms with Crippen molar-refractivity contribution in [3.63, 3.8) is 0 Å². The molecule has 1 unspecified atom stereocenters. The van der Waals surface area contributed by atoms with Gasteiger partial charge in [-0.1, -0.05) is 6.08 Å². The Balaban J connectivity index is 1.86. The smallest absolute Gasteiger partial charge is 0.0420 e. The zero-order valence-corrected chi connectivity index (χ0v) is 7.69. The number of aliphatic imine (C=N–C) groups is 2. The van der Waals surface area contributed by atoms with Gasteiger partial charge in [-0.15, -0.1) is 0 Å². The monoisotopic (exact) mass is 174 g/mol. The molecule has 0 bridgehead atoms. The molecule has 0 spiro atoms. The van der Waals surface area contributed by atoms with Crippen molar-refractivity contribution in [2.45, 2.75) is 19.3 Å². The molecule has 0 amide bonds. The van der Waals surface area contributed by atoms with Crippen LogP contribution in [0.5, 0.6) is 0 Å². The van der Waals surface area contributed by atoms with Crippen LogP contribution in [0.25, 0.3) is 0 Å². The summed E-state index contributed by atoms with van der Waals surface area (Å²) in [5, 5.41) is 0. The Hall–Kier alpha value is -0.920. The lowest BCUT2D eigenvalue weighted by molar-refractivity contribution is 0.356. The van der Waals surface area contributed by atoms with Crippen LogP contribution < -0.4 is 0 Å². The van der Waals surface area contributed by atoms with Crippen molar-refractivity contribution < 1.29 is 0 Å². The van der Waals surface area contributed by atoms with Crippen LogP contribution in [0.2, 0.25) is 0 Å². The van der Waals surface area contributed by atoms with Gasteiger partial charge in [0.2, 0.25) is 0 Å². The lowest BCUT2D eigenvalue weighted by Gasteiger charge is -2.32. The molecule has 0 radical (unpaired) electrons. The van der Waals surface area contributed by atoms with Crippen molar-refractivity contribution in [3.05, 3.63) is 12.3 Å². The van der Waals surface area contributed by atoms with Gasteiger partial charge in [0.25, 0.3) is 0 Å². The van der Waals surface area contributed by atoms with E-state index in [1.54, 1.807) is 0 Å². The topological polar surface area (TPSA) is 24.7 Å². The van der Waals surface area contributed by atoms with Gasteiger partial charge in [-0.3, -0.25) is 9.98 Å². The van der Waals surface area contributed by atoms with E-state index in [0.29, 0.717) is 5.92 Å². The Morgan fingerprint density at radius 1 is 1.38 bits per heavy atom. The SMILES string of the molecule is C1=CN=C2C[C@@H]3C=NC[C@H]3CC2C1. The van der Waals surface area contributed by atoms with Gasteiger partial charge in [-0.05, 0) is 25.2 Å². The minimum Gasteiger partial charge on any atom is -0.297 e. The zero-order valence-electron chi connectivity index (χ0n) is 7.69. The van der Waals surface area contributed by atoms with Crippen LogP contribution in [0.3, 0.4) is 0 Å². The van der Waals surface area contributed by atoms with Gasteiger partial charge in [0.15, 0.2) is 0 Å². The van der Waals surface area contributed by atoms with E-state index in [-0.39, 0.29) is 0 Å². The van der Waals surface area contributed by atoms with Gasteiger partial charge >= 0.3 is 0 Å². The van der Waals surface area contributed by atoms with Crippen LogP contribution in [-0.4, -0.2) is 18.5 Å². The lowest BCUT2D eigenvalue weighted by atomic mass is 9.73. The van der Waals surface area contributed by atoms with Crippen molar-refractivity contribution in [1.29, 1.82) is 0 Å². The Morgan fingerprint density at radius 3 is 3.38 bits per heavy atom. The second kappa shape index (κ2) is 2.79. The molecule has 13 heavy (non-hydrogen) atoms. The number of fused-ring (bicyclic) bond motifs is 2. The first-order valence-electron chi connectivity index (χ1n) is 5.15. The van der Waals surface area contributed by atoms with Crippen LogP contribution in [0.15, 0.2) is 22.3 Å². The van der Waals surface area contributed by atoms with Gasteiger partial charge in [0.05, 0.1) is 0 Å². The van der Waals surface area contributed by atoms with Crippen LogP contribution in [0, 0.1) is 17.8 Å². The molecule has 0 aromatic carbocycles. The Kier molecular flexibility index (Phi) is 1.61. The lowest BCUT2D eigenvalue weighted by Crippen LogP contribution is -2.32. The zero-order chi connectivity index (χ0) is 8.67. The number of rotatable bonds is 0. The van der Waals surface area contributed by atoms with Crippen LogP contribution in [0.4, 0.5) is 0 Å². The van der Waals surface area contributed by atoms with E-state index in [1.165, 1.54) is 25.0 Å². The Morgan fingerprint density at radius 2 is 2.38 bits per heavy atom. The third-order valence-electron chi connectivity index (χ3n) is 3.51. The van der Waals surface area contributed by atoms with E-state index >= 15 is 0 Å². The number of nitrogens with zero attached hydrogens (tertiary/aromatic N) is 2. The molecule has 68 valence electrons. The fraction of sp³-hybridized carbons (Fsp3) is 0.636. The van der Waals surface area contributed by atoms with E-state index < -0.39 is 0 Å². The Labute approximate surface area is 78.5 Å². The van der Waals surface area contributed by atoms with Crippen molar-refractivity contribution >= 4 is 11.9 Å². The average molecular weight is 174 g/mol. The maximum atomic E-state index is 4.49. The maximum Gasteiger partial charge on any atom is 0.0420 e. The number of allylic oxidation sites excluding steroid dienone is 1. The standard InChI is InChI=1S/C11H14N2/c1-2-8-4-9-6-12-7-10(9)5-11(8)13-3-1/h1,3,7-10H,2,4-6H2/t8?,9-,10-/m1/s1. The van der Waals surface area contributed by atoms with Crippen molar-refractivity contribution in [3.8, 4) is 0 Å². The highest BCUT2D eigenvalue weighted by Crippen LogP contribution is 2.37. The van der Waals surface area contributed by atoms with Crippen molar-refractivity contribution in [1.82, 2.24) is 0 Å². The minimum atomic E-state index is 0.710. The first-order chi connectivity index (χ1) is 6.43. The summed E-state index contributed by atoms with van der Waals surface area (Å²) < 4.78 is 0. The highest BCUT2D eigenvalue weighted by molar-refractivity contribution is 5.91. The van der Waals surface area contributed by atoms with E-state index in [0.717, 1.165) is 18.4 Å². The predicted molar refractivity (Wildman–Crippen MR) is 54.3 cm³/mol. The van der Waals surface area contributed by atoms with Crippen molar-refractivity contribution in [2.75, 3.05) is 6.54 Å². The summed E-state index contributed by atoms with van der Waals surface area (Å²) in [6.07, 6.45) is 10.0. The Bertz CT molecular complexity index is 301. The molecule has 1 fully saturated rings. The maximum absolute atomic E-state index is 4.49. The molecule has 0 aromatic rings. The van der Waals surface area contributed by atoms with E-state index in [2.05, 4.69) is 22.3 Å². The summed E-state index contributed by atoms with van der Waals surface area (Å²) in [6.45, 7) is 1.07. The molecular formula is C11H14N2. The van der Waals surface area contributed by atoms with Gasteiger partial charge in [0, 0.05) is 36.5 Å². The molecule has 3 aliphatic rings. The predicted octanol–water partition coefficient (Wildman–Crippen LogP) is 2.07. The molecule has 2 heteroatoms. The molecule has 3 atom stereocenters. The average Bonchev–Trinajstić information content (AvgIpc) is 2.61. The fourth-order valence-corrected chi connectivity index (χ4v) is 2.73. The van der Waals surface area contributed by atoms with Crippen LogP contribution in [0.1, 0.15) is 19.3 Å². The second-order valence-corrected chi connectivity index (χ2v) is 4.32. The van der Waals surface area contributed by atoms with Crippen LogP contribution in [-0.2, 0) is 0 Å². The largest absolute Gasteiger partial charge is 0.297 e. The summed E-state index contributed by atoms with van der Waals surface area (Å²) in [6, 6.07) is 0. The van der Waals surface area contributed by atoms with Crippen LogP contribution >= 0.6 is 0 Å². The third-order valence-corrected chi connectivity index (χ3v) is 3.51. The summed E-state index contributed by atoms with van der Waals surface area (Å²) in [5.41, 5.74) is 1.43. The third kappa shape index (κ3) is 1.16. The molecule has 1 saturated carbocycles. The van der Waals surface area contributed by atoms with E-state index in [9.17, 15) is 0 Å². The molecule has 2 nitrogen and oxygen atoms in total. The summed E-state index contributed by atoms with van der Waals surface area (Å²) in [4.78, 5) is 8.87. The number of hydrogen-bond acceptors (Lipinski definition) is 2. The second-order valence-electron chi connectivity index (χ2n) is 4.32. The molecular weight excluding hydrogens is 160 g/mol. The molecule has 0 saturated heterocycles. The van der Waals surface area contributed by atoms with Gasteiger partial charge < -0.3 is 0 Å². The molecule has 1 aliphatic carbocycles. The van der Waals surface area contributed by atoms with E-state index in [4.69, 9.17) is 0 Å². The normalized spacial score (nSPS) is 41.2. The molecule has 0 aromatic heterocycles. The van der Waals surface area contributed by atoms with E-state index in [1.807, 2.05) is 6.20 Å². The van der Waals surface area contributed by atoms with Gasteiger partial charge in [-0.25, -0.2) is 0 Å². The summed E-state index contributed by atoms with van der Waals surface area (Å²) >= 11 is 0. The molecule has 0 N–H and O–H groups in total. The fourth-order valence-electron chi connectivity index (χ4n) is 2.73. The number of hydrogen-bond donors (Lipinski definition) is 0. The molecule has 3 rings (SSSR count).